The minimum Gasteiger partial charge on any atom is -0.420 e. The number of aromatic nitrogens is 1. The molecule has 36 heavy (non-hydrogen) atoms. The third-order valence-corrected chi connectivity index (χ3v) is 5.72. The van der Waals surface area contributed by atoms with Crippen LogP contribution in [-0.4, -0.2) is 40.8 Å². The van der Waals surface area contributed by atoms with E-state index in [9.17, 15) is 23.9 Å². The Morgan fingerprint density at radius 1 is 1.25 bits per heavy atom. The Bertz CT molecular complexity index is 1310. The first-order valence-corrected chi connectivity index (χ1v) is 11.4. The third kappa shape index (κ3) is 6.12. The van der Waals surface area contributed by atoms with Crippen molar-refractivity contribution >= 4 is 52.0 Å². The molecule has 1 amide bonds. The molecule has 0 aliphatic carbocycles. The summed E-state index contributed by atoms with van der Waals surface area (Å²) in [6.45, 7) is 0.925. The fourth-order valence-corrected chi connectivity index (χ4v) is 4.00. The maximum atomic E-state index is 12.9. The summed E-state index contributed by atoms with van der Waals surface area (Å²) in [5.41, 5.74) is -2.24. The van der Waals surface area contributed by atoms with Crippen LogP contribution in [0.15, 0.2) is 54.7 Å². The van der Waals surface area contributed by atoms with Crippen LogP contribution < -0.4 is 20.3 Å². The number of ether oxygens (including phenoxy) is 1. The first kappa shape index (κ1) is 25.4. The van der Waals surface area contributed by atoms with Gasteiger partial charge in [0.1, 0.15) is 11.8 Å². The van der Waals surface area contributed by atoms with Crippen molar-refractivity contribution in [3.8, 4) is 11.8 Å². The molecule has 0 unspecified atom stereocenters. The molecular formula is C24H19Cl2F2N5O3. The van der Waals surface area contributed by atoms with Crippen LogP contribution in [0.2, 0.25) is 5.02 Å². The molecule has 1 atom stereocenters. The van der Waals surface area contributed by atoms with Crippen molar-refractivity contribution in [1.29, 1.82) is 5.26 Å². The summed E-state index contributed by atoms with van der Waals surface area (Å²) in [6, 6.07) is 13.8. The molecular weight excluding hydrogens is 515 g/mol. The van der Waals surface area contributed by atoms with Gasteiger partial charge in [-0.15, -0.1) is 8.78 Å². The number of halogens is 4. The number of nitriles is 1. The molecule has 8 nitrogen and oxygen atoms in total. The number of alkyl halides is 3. The summed E-state index contributed by atoms with van der Waals surface area (Å²) < 4.78 is 29.8. The first-order chi connectivity index (χ1) is 17.1. The van der Waals surface area contributed by atoms with E-state index in [1.54, 1.807) is 24.3 Å². The second-order valence-corrected chi connectivity index (χ2v) is 8.76. The predicted octanol–water partition coefficient (Wildman–Crippen LogP) is 5.34. The van der Waals surface area contributed by atoms with Gasteiger partial charge in [0.25, 0.3) is 5.91 Å². The molecule has 4 rings (SSSR count). The minimum absolute atomic E-state index is 0.173. The lowest BCUT2D eigenvalue weighted by Crippen LogP contribution is -2.24. The van der Waals surface area contributed by atoms with E-state index in [1.165, 1.54) is 30.5 Å². The summed E-state index contributed by atoms with van der Waals surface area (Å²) >= 11 is 10.9. The maximum absolute atomic E-state index is 12.9. The summed E-state index contributed by atoms with van der Waals surface area (Å²) in [6.07, 6.45) is 1.45. The molecule has 1 aliphatic rings. The molecule has 1 fully saturated rings. The van der Waals surface area contributed by atoms with Crippen LogP contribution in [0.1, 0.15) is 22.3 Å². The zero-order valence-electron chi connectivity index (χ0n) is 18.5. The van der Waals surface area contributed by atoms with Gasteiger partial charge in [-0.25, -0.2) is 4.98 Å². The Kier molecular flexibility index (Phi) is 7.45. The van der Waals surface area contributed by atoms with Gasteiger partial charge >= 0.3 is 5.57 Å². The van der Waals surface area contributed by atoms with E-state index in [-0.39, 0.29) is 21.9 Å². The number of anilines is 4. The molecule has 3 aromatic rings. The van der Waals surface area contributed by atoms with Crippen molar-refractivity contribution in [3.05, 3.63) is 70.9 Å². The monoisotopic (exact) mass is 533 g/mol. The SMILES string of the molecule is N#Cc1c(Cl)cccc1Nc1cc(C(=O)Nc2ccc(OC(F)(F)Cl)cc2)cnc1N1CC[C@@H](O)C1. The zero-order chi connectivity index (χ0) is 25.9. The summed E-state index contributed by atoms with van der Waals surface area (Å²) in [5.74, 6) is -0.190. The Morgan fingerprint density at radius 3 is 2.64 bits per heavy atom. The number of benzene rings is 2. The lowest BCUT2D eigenvalue weighted by Gasteiger charge is -2.22. The van der Waals surface area contributed by atoms with E-state index < -0.39 is 17.6 Å². The van der Waals surface area contributed by atoms with Crippen molar-refractivity contribution in [2.45, 2.75) is 18.1 Å². The number of rotatable bonds is 7. The van der Waals surface area contributed by atoms with Crippen molar-refractivity contribution in [1.82, 2.24) is 4.98 Å². The number of nitrogens with zero attached hydrogens (tertiary/aromatic N) is 3. The van der Waals surface area contributed by atoms with Gasteiger partial charge in [-0.2, -0.15) is 5.26 Å². The number of carbonyl (C=O) groups is 1. The molecule has 3 N–H and O–H groups in total. The molecule has 2 aromatic carbocycles. The van der Waals surface area contributed by atoms with Crippen molar-refractivity contribution in [2.24, 2.45) is 0 Å². The fraction of sp³-hybridized carbons (Fsp3) is 0.208. The predicted molar refractivity (Wildman–Crippen MR) is 132 cm³/mol. The van der Waals surface area contributed by atoms with Gasteiger partial charge in [0, 0.05) is 36.6 Å². The molecule has 1 aromatic heterocycles. The highest BCUT2D eigenvalue weighted by molar-refractivity contribution is 6.32. The molecule has 0 radical (unpaired) electrons. The summed E-state index contributed by atoms with van der Waals surface area (Å²) in [7, 11) is 0. The third-order valence-electron chi connectivity index (χ3n) is 5.33. The van der Waals surface area contributed by atoms with Crippen molar-refractivity contribution < 1.29 is 23.4 Å². The van der Waals surface area contributed by atoms with E-state index in [0.717, 1.165) is 0 Å². The second kappa shape index (κ2) is 10.5. The van der Waals surface area contributed by atoms with E-state index >= 15 is 0 Å². The molecule has 0 saturated carbocycles. The van der Waals surface area contributed by atoms with Gasteiger partial charge in [-0.05, 0) is 48.9 Å². The van der Waals surface area contributed by atoms with E-state index in [4.69, 9.17) is 23.2 Å². The highest BCUT2D eigenvalue weighted by atomic mass is 35.5. The van der Waals surface area contributed by atoms with Gasteiger partial charge in [0.05, 0.1) is 33.6 Å². The Labute approximate surface area is 215 Å². The van der Waals surface area contributed by atoms with Gasteiger partial charge < -0.3 is 25.4 Å². The van der Waals surface area contributed by atoms with Crippen LogP contribution in [0.4, 0.5) is 31.7 Å². The summed E-state index contributed by atoms with van der Waals surface area (Å²) in [4.78, 5) is 19.2. The molecule has 0 spiro atoms. The highest BCUT2D eigenvalue weighted by Gasteiger charge is 2.28. The number of aliphatic hydroxyl groups excluding tert-OH is 1. The number of carbonyl (C=O) groups excluding carboxylic acids is 1. The Hall–Kier alpha value is -3.65. The zero-order valence-corrected chi connectivity index (χ0v) is 20.0. The standard InChI is InChI=1S/C24H19Cl2F2N5O3/c25-19-2-1-3-20(18(19)11-29)32-21-10-14(12-30-22(21)33-9-8-16(34)13-33)23(35)31-15-4-6-17(7-5-15)36-24(26,27)28/h1-7,10,12,16,32,34H,8-9,13H2,(H,31,35)/t16-/m1/s1. The number of amides is 1. The van der Waals surface area contributed by atoms with Crippen molar-refractivity contribution in [3.63, 3.8) is 0 Å². The molecule has 186 valence electrons. The number of pyridine rings is 1. The number of aliphatic hydroxyl groups is 1. The normalized spacial score (nSPS) is 15.3. The van der Waals surface area contributed by atoms with Crippen LogP contribution in [0.5, 0.6) is 5.75 Å². The van der Waals surface area contributed by atoms with Gasteiger partial charge in [-0.1, -0.05) is 17.7 Å². The van der Waals surface area contributed by atoms with E-state index in [2.05, 4.69) is 26.4 Å². The van der Waals surface area contributed by atoms with Crippen LogP contribution in [0, 0.1) is 11.3 Å². The highest BCUT2D eigenvalue weighted by Crippen LogP contribution is 2.33. The molecule has 1 aliphatic heterocycles. The van der Waals surface area contributed by atoms with Gasteiger partial charge in [0.2, 0.25) is 0 Å². The number of nitrogens with one attached hydrogen (secondary N) is 2. The lowest BCUT2D eigenvalue weighted by molar-refractivity contribution is -0.0964. The largest absolute Gasteiger partial charge is 0.487 e. The first-order valence-electron chi connectivity index (χ1n) is 10.7. The van der Waals surface area contributed by atoms with Crippen LogP contribution >= 0.6 is 23.2 Å². The molecule has 2 heterocycles. The lowest BCUT2D eigenvalue weighted by atomic mass is 10.1. The maximum Gasteiger partial charge on any atom is 0.487 e. The van der Waals surface area contributed by atoms with Crippen LogP contribution in [-0.2, 0) is 0 Å². The van der Waals surface area contributed by atoms with Crippen molar-refractivity contribution in [2.75, 3.05) is 28.6 Å². The van der Waals surface area contributed by atoms with Gasteiger partial charge in [-0.3, -0.25) is 4.79 Å². The fourth-order valence-electron chi connectivity index (χ4n) is 3.69. The van der Waals surface area contributed by atoms with E-state index in [1.807, 2.05) is 4.90 Å². The Balaban J connectivity index is 1.61. The minimum atomic E-state index is -3.85. The topological polar surface area (TPSA) is 111 Å². The van der Waals surface area contributed by atoms with E-state index in [0.29, 0.717) is 42.4 Å². The average Bonchev–Trinajstić information content (AvgIpc) is 3.25. The second-order valence-electron chi connectivity index (χ2n) is 7.91. The number of β-amino-alcohol motifs (C(OH)–C–C–N with tert-alkyl or cyclic N) is 1. The summed E-state index contributed by atoms with van der Waals surface area (Å²) in [5, 5.41) is 25.6. The quantitative estimate of drug-likeness (QED) is 0.351. The van der Waals surface area contributed by atoms with Gasteiger partial charge in [0.15, 0.2) is 5.82 Å². The number of hydrogen-bond donors (Lipinski definition) is 3. The molecule has 1 saturated heterocycles. The number of hydrogen-bond acceptors (Lipinski definition) is 7. The average molecular weight is 534 g/mol. The smallest absolute Gasteiger partial charge is 0.420 e. The van der Waals surface area contributed by atoms with Crippen LogP contribution in [0.25, 0.3) is 0 Å². The molecule has 0 bridgehead atoms. The molecule has 12 heteroatoms. The van der Waals surface area contributed by atoms with Crippen LogP contribution in [0.3, 0.4) is 0 Å². The Morgan fingerprint density at radius 2 is 2.00 bits per heavy atom.